The molecule has 2 fully saturated rings. The number of methoxy groups -OCH3 is 1. The van der Waals surface area contributed by atoms with Crippen LogP contribution in [0.1, 0.15) is 37.4 Å². The van der Waals surface area contributed by atoms with Gasteiger partial charge in [-0.1, -0.05) is 18.1 Å². The van der Waals surface area contributed by atoms with Gasteiger partial charge in [0.1, 0.15) is 17.8 Å². The molecule has 0 amide bonds. The lowest BCUT2D eigenvalue weighted by Crippen LogP contribution is -2.38. The predicted octanol–water partition coefficient (Wildman–Crippen LogP) is 0.555. The summed E-state index contributed by atoms with van der Waals surface area (Å²) >= 11 is 0. The molecule has 3 rings (SSSR count). The van der Waals surface area contributed by atoms with Crippen molar-refractivity contribution < 1.29 is 9.47 Å². The fourth-order valence-electron chi connectivity index (χ4n) is 3.10. The summed E-state index contributed by atoms with van der Waals surface area (Å²) in [6.07, 6.45) is 6.86. The van der Waals surface area contributed by atoms with Gasteiger partial charge in [0, 0.05) is 20.2 Å². The number of guanidine groups is 1. The Bertz CT molecular complexity index is 524. The molecule has 0 unspecified atom stereocenters. The van der Waals surface area contributed by atoms with Gasteiger partial charge in [-0.2, -0.15) is 0 Å². The standard InChI is InChI=1S/C15H26N6O2/c1-22-14-11-23-10-13(14)21-9-12(18-19-21)8-17-15(16)20-6-4-2-3-5-7-20/h9,13-14H,2-8,10-11H2,1H3,(H2,16,17)/t13-,14-/m1/s1. The van der Waals surface area contributed by atoms with Gasteiger partial charge in [0.15, 0.2) is 5.96 Å². The third kappa shape index (κ3) is 4.00. The molecule has 0 bridgehead atoms. The SMILES string of the molecule is CO[C@@H]1COC[C@H]1n1cc(CN=C(N)N2CCCCCC2)nn1. The number of aliphatic imine (C=N–C) groups is 1. The van der Waals surface area contributed by atoms with E-state index < -0.39 is 0 Å². The minimum absolute atomic E-state index is 0.0234. The Kier molecular flexibility index (Phi) is 5.45. The lowest BCUT2D eigenvalue weighted by Gasteiger charge is -2.20. The zero-order chi connectivity index (χ0) is 16.1. The van der Waals surface area contributed by atoms with Crippen LogP contribution in [0.5, 0.6) is 0 Å². The second kappa shape index (κ2) is 7.74. The van der Waals surface area contributed by atoms with Crippen molar-refractivity contribution in [2.24, 2.45) is 10.7 Å². The molecule has 2 aliphatic rings. The fourth-order valence-corrected chi connectivity index (χ4v) is 3.10. The van der Waals surface area contributed by atoms with Crippen LogP contribution in [-0.2, 0) is 16.0 Å². The van der Waals surface area contributed by atoms with Crippen molar-refractivity contribution >= 4 is 5.96 Å². The average Bonchev–Trinajstić information content (AvgIpc) is 3.14. The van der Waals surface area contributed by atoms with Gasteiger partial charge in [0.25, 0.3) is 0 Å². The first-order valence-electron chi connectivity index (χ1n) is 8.34. The first-order valence-corrected chi connectivity index (χ1v) is 8.34. The van der Waals surface area contributed by atoms with Crippen molar-refractivity contribution in [2.45, 2.75) is 44.4 Å². The van der Waals surface area contributed by atoms with E-state index in [1.807, 2.05) is 10.9 Å². The first-order chi connectivity index (χ1) is 11.3. The number of nitrogens with two attached hydrogens (primary N) is 1. The molecular weight excluding hydrogens is 296 g/mol. The van der Waals surface area contributed by atoms with E-state index in [1.54, 1.807) is 7.11 Å². The van der Waals surface area contributed by atoms with Gasteiger partial charge < -0.3 is 20.1 Å². The highest BCUT2D eigenvalue weighted by Crippen LogP contribution is 2.21. The molecule has 8 heteroatoms. The molecule has 1 aromatic rings. The minimum atomic E-state index is 0.0234. The smallest absolute Gasteiger partial charge is 0.191 e. The molecule has 0 aromatic carbocycles. The largest absolute Gasteiger partial charge is 0.377 e. The van der Waals surface area contributed by atoms with Crippen LogP contribution in [0.15, 0.2) is 11.2 Å². The van der Waals surface area contributed by atoms with Gasteiger partial charge in [-0.3, -0.25) is 0 Å². The Balaban J connectivity index is 1.59. The van der Waals surface area contributed by atoms with Gasteiger partial charge in [0.05, 0.1) is 26.0 Å². The highest BCUT2D eigenvalue weighted by molar-refractivity contribution is 5.78. The quantitative estimate of drug-likeness (QED) is 0.643. The molecule has 2 N–H and O–H groups in total. The van der Waals surface area contributed by atoms with Crippen molar-refractivity contribution in [3.05, 3.63) is 11.9 Å². The summed E-state index contributed by atoms with van der Waals surface area (Å²) in [6, 6.07) is 0.0770. The third-order valence-electron chi connectivity index (χ3n) is 4.53. The van der Waals surface area contributed by atoms with Crippen molar-refractivity contribution in [2.75, 3.05) is 33.4 Å². The van der Waals surface area contributed by atoms with Crippen LogP contribution < -0.4 is 5.73 Å². The van der Waals surface area contributed by atoms with E-state index in [2.05, 4.69) is 20.2 Å². The summed E-state index contributed by atoms with van der Waals surface area (Å²) in [4.78, 5) is 6.65. The van der Waals surface area contributed by atoms with Crippen LogP contribution in [0.25, 0.3) is 0 Å². The lowest BCUT2D eigenvalue weighted by molar-refractivity contribution is 0.0661. The van der Waals surface area contributed by atoms with Crippen molar-refractivity contribution in [1.82, 2.24) is 19.9 Å². The molecule has 2 atom stereocenters. The van der Waals surface area contributed by atoms with Crippen LogP contribution in [0.2, 0.25) is 0 Å². The Labute approximate surface area is 136 Å². The monoisotopic (exact) mass is 322 g/mol. The summed E-state index contributed by atoms with van der Waals surface area (Å²) in [6.45, 7) is 3.64. The predicted molar refractivity (Wildman–Crippen MR) is 86.0 cm³/mol. The zero-order valence-electron chi connectivity index (χ0n) is 13.7. The number of likely N-dealkylation sites (tertiary alicyclic amines) is 1. The van der Waals surface area contributed by atoms with Crippen LogP contribution in [0, 0.1) is 0 Å². The Morgan fingerprint density at radius 3 is 2.87 bits per heavy atom. The Morgan fingerprint density at radius 1 is 1.35 bits per heavy atom. The average molecular weight is 322 g/mol. The summed E-state index contributed by atoms with van der Waals surface area (Å²) in [5.41, 5.74) is 6.93. The molecule has 2 saturated heterocycles. The number of hydrogen-bond donors (Lipinski definition) is 1. The first kappa shape index (κ1) is 16.2. The lowest BCUT2D eigenvalue weighted by atomic mass is 10.2. The molecule has 0 aliphatic carbocycles. The Morgan fingerprint density at radius 2 is 2.13 bits per heavy atom. The van der Waals surface area contributed by atoms with Crippen LogP contribution >= 0.6 is 0 Å². The van der Waals surface area contributed by atoms with Gasteiger partial charge in [-0.25, -0.2) is 9.67 Å². The van der Waals surface area contributed by atoms with E-state index in [0.29, 0.717) is 25.7 Å². The number of hydrogen-bond acceptors (Lipinski definition) is 5. The maximum Gasteiger partial charge on any atom is 0.191 e. The van der Waals surface area contributed by atoms with E-state index >= 15 is 0 Å². The van der Waals surface area contributed by atoms with Crippen molar-refractivity contribution in [3.63, 3.8) is 0 Å². The molecular formula is C15H26N6O2. The number of ether oxygens (including phenoxy) is 2. The van der Waals surface area contributed by atoms with E-state index in [0.717, 1.165) is 18.8 Å². The molecule has 1 aromatic heterocycles. The summed E-state index contributed by atoms with van der Waals surface area (Å²) in [5, 5.41) is 8.37. The molecule has 2 aliphatic heterocycles. The fraction of sp³-hybridized carbons (Fsp3) is 0.800. The van der Waals surface area contributed by atoms with E-state index in [4.69, 9.17) is 15.2 Å². The summed E-state index contributed by atoms with van der Waals surface area (Å²) in [5.74, 6) is 0.611. The van der Waals surface area contributed by atoms with E-state index in [1.165, 1.54) is 25.7 Å². The van der Waals surface area contributed by atoms with E-state index in [-0.39, 0.29) is 12.1 Å². The topological polar surface area (TPSA) is 90.8 Å². The second-order valence-corrected chi connectivity index (χ2v) is 6.14. The molecule has 0 spiro atoms. The molecule has 0 saturated carbocycles. The highest BCUT2D eigenvalue weighted by atomic mass is 16.5. The summed E-state index contributed by atoms with van der Waals surface area (Å²) < 4.78 is 12.7. The molecule has 128 valence electrons. The molecule has 23 heavy (non-hydrogen) atoms. The minimum Gasteiger partial charge on any atom is -0.377 e. The zero-order valence-corrected chi connectivity index (χ0v) is 13.7. The molecule has 8 nitrogen and oxygen atoms in total. The van der Waals surface area contributed by atoms with Gasteiger partial charge >= 0.3 is 0 Å². The highest BCUT2D eigenvalue weighted by Gasteiger charge is 2.30. The Hall–Kier alpha value is -1.67. The van der Waals surface area contributed by atoms with Gasteiger partial charge in [0.2, 0.25) is 0 Å². The number of rotatable bonds is 4. The van der Waals surface area contributed by atoms with Crippen molar-refractivity contribution in [3.8, 4) is 0 Å². The third-order valence-corrected chi connectivity index (χ3v) is 4.53. The number of aromatic nitrogens is 3. The van der Waals surface area contributed by atoms with Crippen molar-refractivity contribution in [1.29, 1.82) is 0 Å². The van der Waals surface area contributed by atoms with Crippen LogP contribution in [0.3, 0.4) is 0 Å². The molecule has 0 radical (unpaired) electrons. The normalized spacial score (nSPS) is 26.5. The van der Waals surface area contributed by atoms with Gasteiger partial charge in [-0.15, -0.1) is 5.10 Å². The molecule has 3 heterocycles. The number of nitrogens with zero attached hydrogens (tertiary/aromatic N) is 5. The maximum atomic E-state index is 6.12. The van der Waals surface area contributed by atoms with Crippen LogP contribution in [-0.4, -0.2) is 65.4 Å². The second-order valence-electron chi connectivity index (χ2n) is 6.14. The summed E-state index contributed by atoms with van der Waals surface area (Å²) in [7, 11) is 1.69. The van der Waals surface area contributed by atoms with E-state index in [9.17, 15) is 0 Å². The maximum absolute atomic E-state index is 6.12. The van der Waals surface area contributed by atoms with Crippen LogP contribution in [0.4, 0.5) is 0 Å². The van der Waals surface area contributed by atoms with Gasteiger partial charge in [-0.05, 0) is 12.8 Å².